The van der Waals surface area contributed by atoms with Crippen LogP contribution >= 0.6 is 0 Å². The predicted octanol–water partition coefficient (Wildman–Crippen LogP) is 2.44. The van der Waals surface area contributed by atoms with Gasteiger partial charge in [-0.3, -0.25) is 0 Å². The molecule has 3 aromatic rings. The summed E-state index contributed by atoms with van der Waals surface area (Å²) < 4.78 is 0. The summed E-state index contributed by atoms with van der Waals surface area (Å²) in [6.07, 6.45) is 5.86. The normalized spacial score (nSPS) is 18.7. The maximum absolute atomic E-state index is 4.71. The smallest absolute Gasteiger partial charge is 0.145 e. The zero-order valence-corrected chi connectivity index (χ0v) is 11.0. The van der Waals surface area contributed by atoms with Crippen molar-refractivity contribution >= 4 is 11.0 Å². The Balaban J connectivity index is 1.75. The molecule has 3 heterocycles. The third-order valence-electron chi connectivity index (χ3n) is 3.76. The number of H-pyrrole nitrogens is 1. The van der Waals surface area contributed by atoms with E-state index in [0.717, 1.165) is 41.1 Å². The number of benzene rings is 1. The van der Waals surface area contributed by atoms with E-state index in [1.54, 1.807) is 6.33 Å². The monoisotopic (exact) mass is 265 g/mol. The highest BCUT2D eigenvalue weighted by molar-refractivity contribution is 5.80. The second kappa shape index (κ2) is 4.68. The van der Waals surface area contributed by atoms with Crippen molar-refractivity contribution in [3.63, 3.8) is 0 Å². The van der Waals surface area contributed by atoms with Crippen LogP contribution < -0.4 is 5.32 Å². The maximum Gasteiger partial charge on any atom is 0.145 e. The minimum atomic E-state index is 0.297. The van der Waals surface area contributed by atoms with Gasteiger partial charge in [0.05, 0.1) is 29.1 Å². The molecule has 2 N–H and O–H groups in total. The lowest BCUT2D eigenvalue weighted by Crippen LogP contribution is -2.15. The molecule has 2 aromatic heterocycles. The first-order chi connectivity index (χ1) is 9.90. The molecule has 0 saturated carbocycles. The lowest BCUT2D eigenvalue weighted by molar-refractivity contribution is 0.605. The van der Waals surface area contributed by atoms with Gasteiger partial charge in [-0.15, -0.1) is 0 Å². The van der Waals surface area contributed by atoms with Crippen LogP contribution in [-0.2, 0) is 0 Å². The second-order valence-corrected chi connectivity index (χ2v) is 5.08. The minimum Gasteiger partial charge on any atom is -0.345 e. The Morgan fingerprint density at radius 3 is 3.05 bits per heavy atom. The molecule has 20 heavy (non-hydrogen) atoms. The van der Waals surface area contributed by atoms with Crippen molar-refractivity contribution in [2.24, 2.45) is 0 Å². The fraction of sp³-hybridized carbons (Fsp3) is 0.267. The van der Waals surface area contributed by atoms with Crippen LogP contribution in [-0.4, -0.2) is 26.5 Å². The number of rotatable bonds is 2. The summed E-state index contributed by atoms with van der Waals surface area (Å²) in [4.78, 5) is 16.5. The van der Waals surface area contributed by atoms with Gasteiger partial charge in [0.1, 0.15) is 5.82 Å². The molecule has 1 saturated heterocycles. The molecule has 0 bridgehead atoms. The minimum absolute atomic E-state index is 0.297. The lowest BCUT2D eigenvalue weighted by Gasteiger charge is -2.09. The highest BCUT2D eigenvalue weighted by atomic mass is 15.0. The molecular formula is C15H15N5. The van der Waals surface area contributed by atoms with E-state index in [1.807, 2.05) is 18.3 Å². The zero-order valence-electron chi connectivity index (χ0n) is 11.0. The van der Waals surface area contributed by atoms with E-state index in [9.17, 15) is 0 Å². The number of hydrogen-bond acceptors (Lipinski definition) is 4. The molecule has 5 heteroatoms. The van der Waals surface area contributed by atoms with Gasteiger partial charge >= 0.3 is 0 Å². The van der Waals surface area contributed by atoms with Gasteiger partial charge in [-0.1, -0.05) is 6.07 Å². The Hall–Kier alpha value is -2.27. The van der Waals surface area contributed by atoms with Gasteiger partial charge in [0.2, 0.25) is 0 Å². The summed E-state index contributed by atoms with van der Waals surface area (Å²) in [6, 6.07) is 8.39. The molecule has 1 unspecified atom stereocenters. The van der Waals surface area contributed by atoms with E-state index >= 15 is 0 Å². The van der Waals surface area contributed by atoms with Crippen LogP contribution in [0.4, 0.5) is 0 Å². The Morgan fingerprint density at radius 1 is 1.15 bits per heavy atom. The maximum atomic E-state index is 4.71. The van der Waals surface area contributed by atoms with Crippen LogP contribution in [0.15, 0.2) is 36.8 Å². The average Bonchev–Trinajstić information content (AvgIpc) is 3.18. The fourth-order valence-corrected chi connectivity index (χ4v) is 2.70. The van der Waals surface area contributed by atoms with E-state index < -0.39 is 0 Å². The van der Waals surface area contributed by atoms with Gasteiger partial charge in [-0.2, -0.15) is 0 Å². The summed E-state index contributed by atoms with van der Waals surface area (Å²) in [5.41, 5.74) is 4.05. The van der Waals surface area contributed by atoms with Gasteiger partial charge in [-0.05, 0) is 37.6 Å². The van der Waals surface area contributed by atoms with Crippen molar-refractivity contribution in [3.8, 4) is 11.3 Å². The summed E-state index contributed by atoms with van der Waals surface area (Å²) in [7, 11) is 0. The van der Waals surface area contributed by atoms with E-state index in [4.69, 9.17) is 4.98 Å². The first-order valence-electron chi connectivity index (χ1n) is 6.90. The number of nitrogens with zero attached hydrogens (tertiary/aromatic N) is 3. The summed E-state index contributed by atoms with van der Waals surface area (Å²) in [5, 5.41) is 3.44. The molecule has 4 rings (SSSR count). The first kappa shape index (κ1) is 11.5. The van der Waals surface area contributed by atoms with Gasteiger partial charge in [0.15, 0.2) is 0 Å². The Morgan fingerprint density at radius 2 is 2.15 bits per heavy atom. The van der Waals surface area contributed by atoms with Crippen molar-refractivity contribution in [1.82, 2.24) is 25.3 Å². The Kier molecular flexibility index (Phi) is 2.70. The molecule has 1 atom stereocenters. The van der Waals surface area contributed by atoms with Crippen molar-refractivity contribution in [2.75, 3.05) is 6.54 Å². The predicted molar refractivity (Wildman–Crippen MR) is 77.1 cm³/mol. The number of hydrogen-bond donors (Lipinski definition) is 2. The van der Waals surface area contributed by atoms with Crippen LogP contribution in [0, 0.1) is 0 Å². The van der Waals surface area contributed by atoms with Crippen LogP contribution in [0.5, 0.6) is 0 Å². The molecule has 100 valence electrons. The van der Waals surface area contributed by atoms with Crippen molar-refractivity contribution in [1.29, 1.82) is 0 Å². The Bertz CT molecular complexity index is 743. The third kappa shape index (κ3) is 1.96. The summed E-state index contributed by atoms with van der Waals surface area (Å²) in [5.74, 6) is 0.893. The number of nitrogens with one attached hydrogen (secondary N) is 2. The van der Waals surface area contributed by atoms with Crippen LogP contribution in [0.25, 0.3) is 22.3 Å². The van der Waals surface area contributed by atoms with Gasteiger partial charge in [0, 0.05) is 11.8 Å². The molecule has 1 aromatic carbocycles. The highest BCUT2D eigenvalue weighted by Gasteiger charge is 2.19. The van der Waals surface area contributed by atoms with E-state index in [1.165, 1.54) is 6.42 Å². The molecule has 1 aliphatic heterocycles. The SMILES string of the molecule is c1cc(-c2ccc3nc[nH]c3c2)nc(C2CCCN2)n1. The zero-order chi connectivity index (χ0) is 13.4. The van der Waals surface area contributed by atoms with Crippen LogP contribution in [0.3, 0.4) is 0 Å². The molecule has 0 aliphatic carbocycles. The molecule has 5 nitrogen and oxygen atoms in total. The Labute approximate surface area is 116 Å². The van der Waals surface area contributed by atoms with Gasteiger partial charge < -0.3 is 10.3 Å². The lowest BCUT2D eigenvalue weighted by atomic mass is 10.1. The average molecular weight is 265 g/mol. The highest BCUT2D eigenvalue weighted by Crippen LogP contribution is 2.24. The third-order valence-corrected chi connectivity index (χ3v) is 3.76. The van der Waals surface area contributed by atoms with Crippen LogP contribution in [0.1, 0.15) is 24.7 Å². The standard InChI is InChI=1S/C15H15N5/c1-2-13(16-6-1)15-17-7-5-11(20-15)10-3-4-12-14(8-10)19-9-18-12/h3-5,7-9,13,16H,1-2,6H2,(H,18,19). The van der Waals surface area contributed by atoms with E-state index in [2.05, 4.69) is 32.4 Å². The van der Waals surface area contributed by atoms with Crippen LogP contribution in [0.2, 0.25) is 0 Å². The van der Waals surface area contributed by atoms with E-state index in [-0.39, 0.29) is 0 Å². The number of fused-ring (bicyclic) bond motifs is 1. The number of aromatic amines is 1. The molecule has 0 amide bonds. The largest absolute Gasteiger partial charge is 0.345 e. The molecular weight excluding hydrogens is 250 g/mol. The van der Waals surface area contributed by atoms with Gasteiger partial charge in [0.25, 0.3) is 0 Å². The van der Waals surface area contributed by atoms with E-state index in [0.29, 0.717) is 6.04 Å². The molecule has 0 spiro atoms. The summed E-state index contributed by atoms with van der Waals surface area (Å²) in [6.45, 7) is 1.05. The molecule has 1 fully saturated rings. The summed E-state index contributed by atoms with van der Waals surface area (Å²) >= 11 is 0. The number of aromatic nitrogens is 4. The van der Waals surface area contributed by atoms with Crippen molar-refractivity contribution < 1.29 is 0 Å². The van der Waals surface area contributed by atoms with Crippen molar-refractivity contribution in [3.05, 3.63) is 42.6 Å². The van der Waals surface area contributed by atoms with Gasteiger partial charge in [-0.25, -0.2) is 15.0 Å². The fourth-order valence-electron chi connectivity index (χ4n) is 2.70. The molecule has 0 radical (unpaired) electrons. The second-order valence-electron chi connectivity index (χ2n) is 5.08. The quantitative estimate of drug-likeness (QED) is 0.747. The first-order valence-corrected chi connectivity index (χ1v) is 6.90. The molecule has 1 aliphatic rings. The topological polar surface area (TPSA) is 66.5 Å². The number of imidazole rings is 1. The van der Waals surface area contributed by atoms with Crippen molar-refractivity contribution in [2.45, 2.75) is 18.9 Å².